The molecule has 0 aliphatic carbocycles. The highest BCUT2D eigenvalue weighted by Crippen LogP contribution is 2.34. The van der Waals surface area contributed by atoms with Crippen LogP contribution in [0.5, 0.6) is 5.75 Å². The van der Waals surface area contributed by atoms with Gasteiger partial charge in [-0.25, -0.2) is 0 Å². The first-order valence-corrected chi connectivity index (χ1v) is 9.20. The molecule has 3 nitrogen and oxygen atoms in total. The van der Waals surface area contributed by atoms with Crippen molar-refractivity contribution in [1.29, 1.82) is 0 Å². The molecule has 0 saturated carbocycles. The fourth-order valence-corrected chi connectivity index (χ4v) is 3.46. The Bertz CT molecular complexity index is 1030. The van der Waals surface area contributed by atoms with Crippen molar-refractivity contribution < 1.29 is 9.15 Å². The predicted molar refractivity (Wildman–Crippen MR) is 111 cm³/mol. The van der Waals surface area contributed by atoms with Crippen molar-refractivity contribution in [2.24, 2.45) is 0 Å². The maximum Gasteiger partial charge on any atom is 0.195 e. The summed E-state index contributed by atoms with van der Waals surface area (Å²) in [7, 11) is 0. The van der Waals surface area contributed by atoms with Gasteiger partial charge in [-0.05, 0) is 38.0 Å². The van der Waals surface area contributed by atoms with Gasteiger partial charge in [0.2, 0.25) is 0 Å². The average molecular weight is 362 g/mol. The molecule has 0 atom stereocenters. The summed E-state index contributed by atoms with van der Waals surface area (Å²) in [6, 6.07) is 13.7. The molecule has 0 unspecified atom stereocenters. The van der Waals surface area contributed by atoms with E-state index in [1.54, 1.807) is 6.07 Å². The van der Waals surface area contributed by atoms with Crippen molar-refractivity contribution in [3.8, 4) is 5.75 Å². The third kappa shape index (κ3) is 3.68. The van der Waals surface area contributed by atoms with E-state index in [0.717, 1.165) is 23.3 Å². The van der Waals surface area contributed by atoms with Crippen LogP contribution in [0, 0.1) is 13.8 Å². The summed E-state index contributed by atoms with van der Waals surface area (Å²) < 4.78 is 12.3. The number of hydrogen-bond acceptors (Lipinski definition) is 3. The Kier molecular flexibility index (Phi) is 5.22. The molecule has 1 aromatic heterocycles. The van der Waals surface area contributed by atoms with Gasteiger partial charge in [0.25, 0.3) is 0 Å². The summed E-state index contributed by atoms with van der Waals surface area (Å²) in [5.74, 6) is 1.44. The largest absolute Gasteiger partial charge is 0.488 e. The fourth-order valence-electron chi connectivity index (χ4n) is 3.46. The maximum absolute atomic E-state index is 12.9. The molecular weight excluding hydrogens is 336 g/mol. The molecule has 27 heavy (non-hydrogen) atoms. The van der Waals surface area contributed by atoms with Gasteiger partial charge >= 0.3 is 0 Å². The fraction of sp³-hybridized carbons (Fsp3) is 0.292. The SMILES string of the molecule is C=CCC(C)(C)c1oc2c(C)c(OCc3ccccc3)ccc2c(=O)c1C. The molecule has 0 aliphatic heterocycles. The zero-order valence-corrected chi connectivity index (χ0v) is 16.5. The van der Waals surface area contributed by atoms with Gasteiger partial charge in [0.1, 0.15) is 23.7 Å². The number of aryl methyl sites for hydroxylation is 1. The first-order valence-electron chi connectivity index (χ1n) is 9.20. The zero-order chi connectivity index (χ0) is 19.6. The molecule has 2 aromatic carbocycles. The smallest absolute Gasteiger partial charge is 0.195 e. The van der Waals surface area contributed by atoms with Gasteiger partial charge < -0.3 is 9.15 Å². The summed E-state index contributed by atoms with van der Waals surface area (Å²) in [4.78, 5) is 12.9. The molecule has 140 valence electrons. The lowest BCUT2D eigenvalue weighted by Gasteiger charge is -2.24. The van der Waals surface area contributed by atoms with Crippen molar-refractivity contribution in [2.45, 2.75) is 46.1 Å². The molecule has 0 aliphatic rings. The van der Waals surface area contributed by atoms with Gasteiger partial charge in [0.15, 0.2) is 5.43 Å². The lowest BCUT2D eigenvalue weighted by Crippen LogP contribution is -2.22. The first-order chi connectivity index (χ1) is 12.8. The lowest BCUT2D eigenvalue weighted by atomic mass is 9.84. The number of hydrogen-bond donors (Lipinski definition) is 0. The Labute approximate surface area is 160 Å². The summed E-state index contributed by atoms with van der Waals surface area (Å²) in [5.41, 5.74) is 2.91. The van der Waals surface area contributed by atoms with Gasteiger partial charge in [-0.1, -0.05) is 50.3 Å². The number of benzene rings is 2. The van der Waals surface area contributed by atoms with Crippen LogP contribution in [-0.2, 0) is 12.0 Å². The lowest BCUT2D eigenvalue weighted by molar-refractivity contribution is 0.303. The molecule has 0 fully saturated rings. The first kappa shape index (κ1) is 19.0. The van der Waals surface area contributed by atoms with Gasteiger partial charge in [-0.2, -0.15) is 0 Å². The van der Waals surface area contributed by atoms with Crippen molar-refractivity contribution in [3.05, 3.63) is 87.8 Å². The third-order valence-electron chi connectivity index (χ3n) is 4.99. The van der Waals surface area contributed by atoms with Gasteiger partial charge in [0, 0.05) is 16.5 Å². The van der Waals surface area contributed by atoms with Gasteiger partial charge in [-0.3, -0.25) is 4.79 Å². The van der Waals surface area contributed by atoms with Crippen LogP contribution < -0.4 is 10.2 Å². The highest BCUT2D eigenvalue weighted by molar-refractivity contribution is 5.82. The second kappa shape index (κ2) is 7.43. The molecule has 3 aromatic rings. The van der Waals surface area contributed by atoms with E-state index in [4.69, 9.17) is 9.15 Å². The molecule has 0 N–H and O–H groups in total. The van der Waals surface area contributed by atoms with Crippen LogP contribution in [0.1, 0.15) is 42.7 Å². The Hall–Kier alpha value is -2.81. The van der Waals surface area contributed by atoms with Crippen LogP contribution in [0.4, 0.5) is 0 Å². The van der Waals surface area contributed by atoms with Crippen LogP contribution in [0.25, 0.3) is 11.0 Å². The van der Waals surface area contributed by atoms with E-state index >= 15 is 0 Å². The molecule has 3 rings (SSSR count). The van der Waals surface area contributed by atoms with Gasteiger partial charge in [0.05, 0.1) is 5.39 Å². The molecule has 0 saturated heterocycles. The number of ether oxygens (including phenoxy) is 1. The highest BCUT2D eigenvalue weighted by atomic mass is 16.5. The summed E-state index contributed by atoms with van der Waals surface area (Å²) in [5, 5.41) is 0.593. The van der Waals surface area contributed by atoms with E-state index in [2.05, 4.69) is 20.4 Å². The van der Waals surface area contributed by atoms with E-state index in [1.807, 2.05) is 56.3 Å². The normalized spacial score (nSPS) is 11.6. The molecule has 3 heteroatoms. The Morgan fingerprint density at radius 3 is 2.44 bits per heavy atom. The maximum atomic E-state index is 12.9. The van der Waals surface area contributed by atoms with Gasteiger partial charge in [-0.15, -0.1) is 6.58 Å². The predicted octanol–water partition coefficient (Wildman–Crippen LogP) is 5.84. The summed E-state index contributed by atoms with van der Waals surface area (Å²) in [6.45, 7) is 12.2. The van der Waals surface area contributed by atoms with Crippen molar-refractivity contribution in [1.82, 2.24) is 0 Å². The summed E-state index contributed by atoms with van der Waals surface area (Å²) in [6.07, 6.45) is 2.58. The Balaban J connectivity index is 2.07. The Morgan fingerprint density at radius 1 is 1.07 bits per heavy atom. The quantitative estimate of drug-likeness (QED) is 0.517. The minimum atomic E-state index is -0.299. The van der Waals surface area contributed by atoms with E-state index in [1.165, 1.54) is 0 Å². The monoisotopic (exact) mass is 362 g/mol. The molecule has 0 radical (unpaired) electrons. The second-order valence-corrected chi connectivity index (χ2v) is 7.60. The van der Waals surface area contributed by atoms with Crippen LogP contribution in [0.2, 0.25) is 0 Å². The van der Waals surface area contributed by atoms with E-state index in [0.29, 0.717) is 28.9 Å². The van der Waals surface area contributed by atoms with E-state index < -0.39 is 0 Å². The standard InChI is InChI=1S/C24H26O3/c1-6-14-24(4,5)23-17(3)21(25)19-12-13-20(16(2)22(19)27-23)26-15-18-10-8-7-9-11-18/h6-13H,1,14-15H2,2-5H3. The van der Waals surface area contributed by atoms with Crippen LogP contribution >= 0.6 is 0 Å². The summed E-state index contributed by atoms with van der Waals surface area (Å²) >= 11 is 0. The van der Waals surface area contributed by atoms with E-state index in [-0.39, 0.29) is 10.8 Å². The molecule has 0 spiro atoms. The molecule has 1 heterocycles. The zero-order valence-electron chi connectivity index (χ0n) is 16.5. The number of fused-ring (bicyclic) bond motifs is 1. The van der Waals surface area contributed by atoms with Crippen molar-refractivity contribution >= 4 is 11.0 Å². The Morgan fingerprint density at radius 2 is 1.78 bits per heavy atom. The third-order valence-corrected chi connectivity index (χ3v) is 4.99. The topological polar surface area (TPSA) is 39.4 Å². The minimum absolute atomic E-state index is 0.0149. The van der Waals surface area contributed by atoms with E-state index in [9.17, 15) is 4.79 Å². The van der Waals surface area contributed by atoms with Crippen molar-refractivity contribution in [3.63, 3.8) is 0 Å². The molecule has 0 amide bonds. The minimum Gasteiger partial charge on any atom is -0.488 e. The molecule has 0 bridgehead atoms. The highest BCUT2D eigenvalue weighted by Gasteiger charge is 2.27. The van der Waals surface area contributed by atoms with Crippen LogP contribution in [-0.4, -0.2) is 0 Å². The average Bonchev–Trinajstić information content (AvgIpc) is 2.65. The van der Waals surface area contributed by atoms with Crippen LogP contribution in [0.3, 0.4) is 0 Å². The number of allylic oxidation sites excluding steroid dienone is 1. The van der Waals surface area contributed by atoms with Crippen LogP contribution in [0.15, 0.2) is 64.3 Å². The second-order valence-electron chi connectivity index (χ2n) is 7.60. The number of rotatable bonds is 6. The molecular formula is C24H26O3. The van der Waals surface area contributed by atoms with Crippen molar-refractivity contribution in [2.75, 3.05) is 0 Å².